The molecule has 1 aliphatic heterocycles. The second kappa shape index (κ2) is 7.94. The van der Waals surface area contributed by atoms with E-state index in [1.165, 1.54) is 0 Å². The van der Waals surface area contributed by atoms with Crippen molar-refractivity contribution in [1.82, 2.24) is 19.9 Å². The van der Waals surface area contributed by atoms with E-state index in [2.05, 4.69) is 37.4 Å². The second-order valence-corrected chi connectivity index (χ2v) is 4.96. The highest BCUT2D eigenvalue weighted by atomic mass is 16.5. The van der Waals surface area contributed by atoms with Gasteiger partial charge in [-0.05, 0) is 13.8 Å². The average molecular weight is 296 g/mol. The predicted molar refractivity (Wildman–Crippen MR) is 80.9 cm³/mol. The number of ether oxygens (including phenoxy) is 2. The first-order valence-corrected chi connectivity index (χ1v) is 7.31. The van der Waals surface area contributed by atoms with Gasteiger partial charge < -0.3 is 20.1 Å². The van der Waals surface area contributed by atoms with Crippen LogP contribution in [-0.2, 0) is 4.74 Å². The van der Waals surface area contributed by atoms with Crippen LogP contribution in [0.2, 0.25) is 0 Å². The molecule has 2 rings (SSSR count). The van der Waals surface area contributed by atoms with Gasteiger partial charge in [0.15, 0.2) is 0 Å². The number of methoxy groups -OCH3 is 1. The summed E-state index contributed by atoms with van der Waals surface area (Å²) in [6.07, 6.45) is 0. The molecule has 21 heavy (non-hydrogen) atoms. The van der Waals surface area contributed by atoms with E-state index < -0.39 is 0 Å². The van der Waals surface area contributed by atoms with Gasteiger partial charge in [-0.25, -0.2) is 0 Å². The molecule has 0 radical (unpaired) electrons. The molecule has 118 valence electrons. The molecule has 0 bridgehead atoms. The summed E-state index contributed by atoms with van der Waals surface area (Å²) < 4.78 is 10.5. The Bertz CT molecular complexity index is 439. The first-order chi connectivity index (χ1) is 10.2. The zero-order chi connectivity index (χ0) is 15.1. The number of rotatable bonds is 7. The molecule has 1 fully saturated rings. The molecule has 8 nitrogen and oxygen atoms in total. The van der Waals surface area contributed by atoms with Crippen LogP contribution in [0, 0.1) is 0 Å². The van der Waals surface area contributed by atoms with Crippen LogP contribution < -0.4 is 15.4 Å². The minimum Gasteiger partial charge on any atom is -0.467 e. The van der Waals surface area contributed by atoms with Crippen molar-refractivity contribution in [2.45, 2.75) is 19.9 Å². The maximum atomic E-state index is 5.35. The van der Waals surface area contributed by atoms with E-state index >= 15 is 0 Å². The fourth-order valence-corrected chi connectivity index (χ4v) is 2.19. The van der Waals surface area contributed by atoms with Gasteiger partial charge in [0.25, 0.3) is 0 Å². The van der Waals surface area contributed by atoms with Crippen molar-refractivity contribution < 1.29 is 9.47 Å². The Kier molecular flexibility index (Phi) is 5.94. The van der Waals surface area contributed by atoms with Gasteiger partial charge in [-0.15, -0.1) is 0 Å². The van der Waals surface area contributed by atoms with Gasteiger partial charge in [0.1, 0.15) is 0 Å². The van der Waals surface area contributed by atoms with Gasteiger partial charge in [-0.2, -0.15) is 15.0 Å². The van der Waals surface area contributed by atoms with Crippen LogP contribution in [0.15, 0.2) is 0 Å². The van der Waals surface area contributed by atoms with E-state index in [-0.39, 0.29) is 6.04 Å². The highest BCUT2D eigenvalue weighted by Crippen LogP contribution is 2.12. The fraction of sp³-hybridized carbons (Fsp3) is 0.769. The monoisotopic (exact) mass is 296 g/mol. The third kappa shape index (κ3) is 4.98. The number of nitrogens with zero attached hydrogens (tertiary/aromatic N) is 4. The molecule has 2 heterocycles. The molecular weight excluding hydrogens is 272 g/mol. The number of morpholine rings is 1. The van der Waals surface area contributed by atoms with Gasteiger partial charge in [0, 0.05) is 32.2 Å². The lowest BCUT2D eigenvalue weighted by molar-refractivity contribution is 0.0368. The van der Waals surface area contributed by atoms with E-state index in [4.69, 9.17) is 9.47 Å². The molecular formula is C13H24N6O2. The number of anilines is 2. The van der Waals surface area contributed by atoms with Crippen molar-refractivity contribution in [1.29, 1.82) is 0 Å². The van der Waals surface area contributed by atoms with Crippen LogP contribution in [0.25, 0.3) is 0 Å². The van der Waals surface area contributed by atoms with Crippen LogP contribution in [-0.4, -0.2) is 72.4 Å². The second-order valence-electron chi connectivity index (χ2n) is 4.96. The van der Waals surface area contributed by atoms with Crippen molar-refractivity contribution in [2.24, 2.45) is 0 Å². The van der Waals surface area contributed by atoms with Crippen LogP contribution in [0.5, 0.6) is 6.01 Å². The first kappa shape index (κ1) is 15.7. The molecule has 2 N–H and O–H groups in total. The van der Waals surface area contributed by atoms with Gasteiger partial charge in [-0.1, -0.05) is 0 Å². The van der Waals surface area contributed by atoms with Gasteiger partial charge in [-0.3, -0.25) is 4.90 Å². The Morgan fingerprint density at radius 1 is 1.24 bits per heavy atom. The van der Waals surface area contributed by atoms with E-state index in [0.29, 0.717) is 17.9 Å². The third-order valence-electron chi connectivity index (χ3n) is 3.14. The van der Waals surface area contributed by atoms with Crippen LogP contribution in [0.4, 0.5) is 11.9 Å². The summed E-state index contributed by atoms with van der Waals surface area (Å²) in [6, 6.07) is 0.534. The van der Waals surface area contributed by atoms with Crippen molar-refractivity contribution in [3.05, 3.63) is 0 Å². The molecule has 1 aromatic rings. The number of hydrogen-bond acceptors (Lipinski definition) is 8. The van der Waals surface area contributed by atoms with E-state index in [1.54, 1.807) is 7.11 Å². The summed E-state index contributed by atoms with van der Waals surface area (Å²) in [4.78, 5) is 15.1. The minimum atomic E-state index is 0.227. The molecule has 1 saturated heterocycles. The van der Waals surface area contributed by atoms with E-state index in [1.807, 2.05) is 6.92 Å². The number of nitrogens with one attached hydrogen (secondary N) is 2. The quantitative estimate of drug-likeness (QED) is 0.750. The summed E-state index contributed by atoms with van der Waals surface area (Å²) in [7, 11) is 1.55. The van der Waals surface area contributed by atoms with Crippen LogP contribution in [0.1, 0.15) is 13.8 Å². The lowest BCUT2D eigenvalue weighted by Gasteiger charge is -2.29. The maximum absolute atomic E-state index is 5.35. The van der Waals surface area contributed by atoms with Crippen molar-refractivity contribution in [3.8, 4) is 6.01 Å². The topological polar surface area (TPSA) is 84.4 Å². The lowest BCUT2D eigenvalue weighted by atomic mass is 10.3. The first-order valence-electron chi connectivity index (χ1n) is 7.31. The SMILES string of the molecule is CCNc1nc(NC(C)CN2CCOCC2)nc(OC)n1. The zero-order valence-electron chi connectivity index (χ0n) is 12.9. The van der Waals surface area contributed by atoms with Gasteiger partial charge in [0.05, 0.1) is 20.3 Å². The molecule has 0 aromatic carbocycles. The molecule has 0 aliphatic carbocycles. The summed E-state index contributed by atoms with van der Waals surface area (Å²) in [5, 5.41) is 6.37. The summed E-state index contributed by atoms with van der Waals surface area (Å²) in [6.45, 7) is 9.31. The van der Waals surface area contributed by atoms with Crippen molar-refractivity contribution >= 4 is 11.9 Å². The summed E-state index contributed by atoms with van der Waals surface area (Å²) in [5.41, 5.74) is 0. The molecule has 1 aliphatic rings. The van der Waals surface area contributed by atoms with Crippen LogP contribution in [0.3, 0.4) is 0 Å². The normalized spacial score (nSPS) is 17.3. The Labute approximate surface area is 125 Å². The molecule has 0 saturated carbocycles. The zero-order valence-corrected chi connectivity index (χ0v) is 12.9. The Hall–Kier alpha value is -1.67. The fourth-order valence-electron chi connectivity index (χ4n) is 2.19. The Morgan fingerprint density at radius 2 is 1.95 bits per heavy atom. The standard InChI is InChI=1S/C13H24N6O2/c1-4-14-11-16-12(18-13(17-11)20-3)15-10(2)9-19-5-7-21-8-6-19/h10H,4-9H2,1-3H3,(H2,14,15,16,17,18). The average Bonchev–Trinajstić information content (AvgIpc) is 2.48. The third-order valence-corrected chi connectivity index (χ3v) is 3.14. The lowest BCUT2D eigenvalue weighted by Crippen LogP contribution is -2.42. The van der Waals surface area contributed by atoms with Gasteiger partial charge in [0.2, 0.25) is 11.9 Å². The highest BCUT2D eigenvalue weighted by Gasteiger charge is 2.15. The molecule has 0 amide bonds. The Morgan fingerprint density at radius 3 is 2.62 bits per heavy atom. The van der Waals surface area contributed by atoms with Crippen molar-refractivity contribution in [3.63, 3.8) is 0 Å². The number of aromatic nitrogens is 3. The van der Waals surface area contributed by atoms with Crippen molar-refractivity contribution in [2.75, 3.05) is 57.1 Å². The highest BCUT2D eigenvalue weighted by molar-refractivity contribution is 5.36. The Balaban J connectivity index is 1.95. The van der Waals surface area contributed by atoms with Crippen LogP contribution >= 0.6 is 0 Å². The minimum absolute atomic E-state index is 0.227. The van der Waals surface area contributed by atoms with E-state index in [0.717, 1.165) is 39.4 Å². The molecule has 1 unspecified atom stereocenters. The molecule has 1 aromatic heterocycles. The maximum Gasteiger partial charge on any atom is 0.322 e. The van der Waals surface area contributed by atoms with Gasteiger partial charge >= 0.3 is 6.01 Å². The summed E-state index contributed by atoms with van der Waals surface area (Å²) in [5.74, 6) is 1.05. The molecule has 1 atom stereocenters. The molecule has 8 heteroatoms. The predicted octanol–water partition coefficient (Wildman–Crippen LogP) is 0.445. The summed E-state index contributed by atoms with van der Waals surface area (Å²) >= 11 is 0. The smallest absolute Gasteiger partial charge is 0.322 e. The largest absolute Gasteiger partial charge is 0.467 e. The number of hydrogen-bond donors (Lipinski definition) is 2. The molecule has 0 spiro atoms. The van der Waals surface area contributed by atoms with E-state index in [9.17, 15) is 0 Å².